The standard InChI is InChI=1S/C14H22N2S2/c1-11(2)9-15-5-6-16(3)10-12-8-14-13(18-12)4-7-17-14/h4,7-8,11,15H,5-6,9-10H2,1-3H3. The minimum absolute atomic E-state index is 0.736. The van der Waals surface area contributed by atoms with E-state index in [1.165, 1.54) is 14.3 Å². The van der Waals surface area contributed by atoms with Gasteiger partial charge < -0.3 is 10.2 Å². The molecule has 2 aromatic rings. The topological polar surface area (TPSA) is 15.3 Å². The number of likely N-dealkylation sites (N-methyl/N-ethyl adjacent to an activating group) is 1. The summed E-state index contributed by atoms with van der Waals surface area (Å²) in [5, 5.41) is 5.66. The Bertz CT molecular complexity index is 444. The lowest BCUT2D eigenvalue weighted by molar-refractivity contribution is 0.324. The van der Waals surface area contributed by atoms with Crippen LogP contribution in [-0.2, 0) is 6.54 Å². The third kappa shape index (κ3) is 4.05. The molecule has 0 saturated carbocycles. The van der Waals surface area contributed by atoms with Crippen LogP contribution in [0.2, 0.25) is 0 Å². The quantitative estimate of drug-likeness (QED) is 0.780. The maximum atomic E-state index is 3.49. The first-order valence-corrected chi connectivity index (χ1v) is 8.20. The molecular formula is C14H22N2S2. The molecule has 2 heterocycles. The van der Waals surface area contributed by atoms with Crippen LogP contribution in [0, 0.1) is 5.92 Å². The van der Waals surface area contributed by atoms with Crippen molar-refractivity contribution in [2.24, 2.45) is 5.92 Å². The normalized spacial score (nSPS) is 12.1. The lowest BCUT2D eigenvalue weighted by atomic mass is 10.2. The van der Waals surface area contributed by atoms with Crippen molar-refractivity contribution in [3.05, 3.63) is 22.4 Å². The van der Waals surface area contributed by atoms with Gasteiger partial charge in [-0.1, -0.05) is 13.8 Å². The van der Waals surface area contributed by atoms with Crippen LogP contribution in [-0.4, -0.2) is 31.6 Å². The minimum Gasteiger partial charge on any atom is -0.315 e. The Morgan fingerprint density at radius 2 is 2.17 bits per heavy atom. The van der Waals surface area contributed by atoms with Crippen LogP contribution in [0.3, 0.4) is 0 Å². The van der Waals surface area contributed by atoms with Crippen LogP contribution in [0.5, 0.6) is 0 Å². The van der Waals surface area contributed by atoms with Crippen molar-refractivity contribution in [2.45, 2.75) is 20.4 Å². The van der Waals surface area contributed by atoms with Gasteiger partial charge in [0.05, 0.1) is 0 Å². The van der Waals surface area contributed by atoms with Crippen LogP contribution in [0.25, 0.3) is 9.40 Å². The van der Waals surface area contributed by atoms with Crippen molar-refractivity contribution < 1.29 is 0 Å². The Hall–Kier alpha value is -0.420. The molecule has 0 unspecified atom stereocenters. The summed E-state index contributed by atoms with van der Waals surface area (Å²) in [5.74, 6) is 0.736. The summed E-state index contributed by atoms with van der Waals surface area (Å²) in [6.45, 7) is 8.86. The highest BCUT2D eigenvalue weighted by atomic mass is 32.1. The number of nitrogens with zero attached hydrogens (tertiary/aromatic N) is 1. The Kier molecular flexibility index (Phi) is 5.18. The summed E-state index contributed by atoms with van der Waals surface area (Å²) in [4.78, 5) is 3.87. The van der Waals surface area contributed by atoms with Crippen molar-refractivity contribution in [3.8, 4) is 0 Å². The van der Waals surface area contributed by atoms with Crippen molar-refractivity contribution in [1.29, 1.82) is 0 Å². The molecule has 2 rings (SSSR count). The van der Waals surface area contributed by atoms with E-state index in [0.717, 1.165) is 32.1 Å². The number of rotatable bonds is 7. The Morgan fingerprint density at radius 1 is 1.33 bits per heavy atom. The zero-order chi connectivity index (χ0) is 13.0. The van der Waals surface area contributed by atoms with E-state index < -0.39 is 0 Å². The van der Waals surface area contributed by atoms with E-state index >= 15 is 0 Å². The minimum atomic E-state index is 0.736. The second kappa shape index (κ2) is 6.66. The molecule has 0 aromatic carbocycles. The number of fused-ring (bicyclic) bond motifs is 1. The van der Waals surface area contributed by atoms with Crippen molar-refractivity contribution in [1.82, 2.24) is 10.2 Å². The van der Waals surface area contributed by atoms with Crippen LogP contribution in [0.15, 0.2) is 17.5 Å². The van der Waals surface area contributed by atoms with E-state index in [9.17, 15) is 0 Å². The fourth-order valence-corrected chi connectivity index (χ4v) is 4.11. The number of hydrogen-bond acceptors (Lipinski definition) is 4. The Morgan fingerprint density at radius 3 is 2.89 bits per heavy atom. The molecule has 0 radical (unpaired) electrons. The van der Waals surface area contributed by atoms with Gasteiger partial charge in [0.1, 0.15) is 0 Å². The second-order valence-electron chi connectivity index (χ2n) is 5.20. The van der Waals surface area contributed by atoms with Crippen molar-refractivity contribution in [2.75, 3.05) is 26.7 Å². The largest absolute Gasteiger partial charge is 0.315 e. The van der Waals surface area contributed by atoms with Crippen LogP contribution in [0.4, 0.5) is 0 Å². The summed E-state index contributed by atoms with van der Waals surface area (Å²) in [6, 6.07) is 4.56. The van der Waals surface area contributed by atoms with Gasteiger partial charge in [-0.05, 0) is 37.0 Å². The maximum Gasteiger partial charge on any atom is 0.0453 e. The predicted molar refractivity (Wildman–Crippen MR) is 83.7 cm³/mol. The number of nitrogens with one attached hydrogen (secondary N) is 1. The summed E-state index contributed by atoms with van der Waals surface area (Å²) in [5.41, 5.74) is 0. The number of thiophene rings is 2. The smallest absolute Gasteiger partial charge is 0.0453 e. The first-order valence-electron chi connectivity index (χ1n) is 6.50. The molecule has 4 heteroatoms. The fourth-order valence-electron chi connectivity index (χ4n) is 1.90. The Labute approximate surface area is 118 Å². The summed E-state index contributed by atoms with van der Waals surface area (Å²) in [6.07, 6.45) is 0. The first-order chi connectivity index (χ1) is 8.65. The summed E-state index contributed by atoms with van der Waals surface area (Å²) < 4.78 is 2.86. The van der Waals surface area contributed by atoms with Crippen molar-refractivity contribution in [3.63, 3.8) is 0 Å². The maximum absolute atomic E-state index is 3.49. The molecule has 0 amide bonds. The van der Waals surface area contributed by atoms with E-state index in [1.54, 1.807) is 0 Å². The zero-order valence-electron chi connectivity index (χ0n) is 11.4. The van der Waals surface area contributed by atoms with Gasteiger partial charge in [-0.25, -0.2) is 0 Å². The SMILES string of the molecule is CC(C)CNCCN(C)Cc1cc2sccc2s1. The third-order valence-corrected chi connectivity index (χ3v) is 4.92. The van der Waals surface area contributed by atoms with E-state index in [1.807, 2.05) is 22.7 Å². The van der Waals surface area contributed by atoms with Gasteiger partial charge in [0, 0.05) is 33.9 Å². The summed E-state index contributed by atoms with van der Waals surface area (Å²) in [7, 11) is 2.20. The highest BCUT2D eigenvalue weighted by Gasteiger charge is 2.05. The summed E-state index contributed by atoms with van der Waals surface area (Å²) >= 11 is 3.76. The highest BCUT2D eigenvalue weighted by Crippen LogP contribution is 2.30. The van der Waals surface area contributed by atoms with E-state index in [0.29, 0.717) is 0 Å². The molecule has 2 nitrogen and oxygen atoms in total. The average molecular weight is 282 g/mol. The number of hydrogen-bond donors (Lipinski definition) is 1. The molecule has 0 fully saturated rings. The molecule has 100 valence electrons. The molecule has 0 bridgehead atoms. The van der Waals surface area contributed by atoms with E-state index in [-0.39, 0.29) is 0 Å². The molecule has 0 aliphatic rings. The van der Waals surface area contributed by atoms with Crippen molar-refractivity contribution >= 4 is 32.1 Å². The van der Waals surface area contributed by atoms with Crippen LogP contribution >= 0.6 is 22.7 Å². The van der Waals surface area contributed by atoms with Gasteiger partial charge in [0.25, 0.3) is 0 Å². The molecule has 0 saturated heterocycles. The Balaban J connectivity index is 1.73. The van der Waals surface area contributed by atoms with Gasteiger partial charge >= 0.3 is 0 Å². The third-order valence-electron chi connectivity index (χ3n) is 2.84. The molecule has 0 spiro atoms. The van der Waals surface area contributed by atoms with Gasteiger partial charge in [-0.2, -0.15) is 0 Å². The van der Waals surface area contributed by atoms with Gasteiger partial charge in [0.2, 0.25) is 0 Å². The first kappa shape index (κ1) is 14.0. The van der Waals surface area contributed by atoms with Crippen LogP contribution in [0.1, 0.15) is 18.7 Å². The lowest BCUT2D eigenvalue weighted by Crippen LogP contribution is -2.30. The van der Waals surface area contributed by atoms with E-state index in [2.05, 4.69) is 48.6 Å². The average Bonchev–Trinajstić information content (AvgIpc) is 2.84. The van der Waals surface area contributed by atoms with Gasteiger partial charge in [0.15, 0.2) is 0 Å². The van der Waals surface area contributed by atoms with Gasteiger partial charge in [-0.15, -0.1) is 22.7 Å². The molecule has 18 heavy (non-hydrogen) atoms. The molecule has 2 aromatic heterocycles. The second-order valence-corrected chi connectivity index (χ2v) is 7.31. The monoisotopic (exact) mass is 282 g/mol. The van der Waals surface area contributed by atoms with E-state index in [4.69, 9.17) is 0 Å². The predicted octanol–water partition coefficient (Wildman–Crippen LogP) is 3.64. The molecule has 1 N–H and O–H groups in total. The van der Waals surface area contributed by atoms with Gasteiger partial charge in [-0.3, -0.25) is 0 Å². The molecule has 0 aliphatic carbocycles. The fraction of sp³-hybridized carbons (Fsp3) is 0.571. The lowest BCUT2D eigenvalue weighted by Gasteiger charge is -2.16. The molecular weight excluding hydrogens is 260 g/mol. The zero-order valence-corrected chi connectivity index (χ0v) is 13.0. The van der Waals surface area contributed by atoms with Crippen LogP contribution < -0.4 is 5.32 Å². The molecule has 0 aliphatic heterocycles. The molecule has 0 atom stereocenters. The highest BCUT2D eigenvalue weighted by molar-refractivity contribution is 7.26.